The van der Waals surface area contributed by atoms with Gasteiger partial charge in [-0.05, 0) is 42.2 Å². The molecule has 148 valence electrons. The van der Waals surface area contributed by atoms with Crippen LogP contribution in [0.2, 0.25) is 0 Å². The highest BCUT2D eigenvalue weighted by atomic mass is 32.1. The molecule has 2 unspecified atom stereocenters. The van der Waals surface area contributed by atoms with Crippen molar-refractivity contribution in [2.75, 3.05) is 13.1 Å². The van der Waals surface area contributed by atoms with Crippen molar-refractivity contribution in [1.82, 2.24) is 14.7 Å². The van der Waals surface area contributed by atoms with Gasteiger partial charge in [0.15, 0.2) is 0 Å². The fourth-order valence-corrected chi connectivity index (χ4v) is 5.62. The Kier molecular flexibility index (Phi) is 4.79. The predicted octanol–water partition coefficient (Wildman–Crippen LogP) is 4.09. The first kappa shape index (κ1) is 18.3. The lowest BCUT2D eigenvalue weighted by atomic mass is 9.73. The number of rotatable bonds is 3. The number of amides is 1. The van der Waals surface area contributed by atoms with Gasteiger partial charge in [0, 0.05) is 24.7 Å². The summed E-state index contributed by atoms with van der Waals surface area (Å²) in [4.78, 5) is 28.4. The number of hydrogen-bond donors (Lipinski definition) is 0. The summed E-state index contributed by atoms with van der Waals surface area (Å²) in [6.07, 6.45) is 3.21. The van der Waals surface area contributed by atoms with Gasteiger partial charge in [0.2, 0.25) is 0 Å². The molecule has 2 fully saturated rings. The molecule has 1 aliphatic heterocycles. The summed E-state index contributed by atoms with van der Waals surface area (Å²) in [6, 6.07) is 17.3. The Morgan fingerprint density at radius 2 is 1.72 bits per heavy atom. The van der Waals surface area contributed by atoms with Crippen LogP contribution < -0.4 is 5.56 Å². The minimum Gasteiger partial charge on any atom is -0.337 e. The molecule has 0 N–H and O–H groups in total. The summed E-state index contributed by atoms with van der Waals surface area (Å²) < 4.78 is 1.71. The number of nitrogens with zero attached hydrogens (tertiary/aromatic N) is 3. The lowest BCUT2D eigenvalue weighted by Crippen LogP contribution is -2.53. The average Bonchev–Trinajstić information content (AvgIpc) is 3.28. The number of piperidine rings is 1. The van der Waals surface area contributed by atoms with Crippen LogP contribution >= 0.6 is 11.3 Å². The zero-order chi connectivity index (χ0) is 19.8. The number of carbonyl (C=O) groups is 1. The normalized spacial score (nSPS) is 23.7. The minimum absolute atomic E-state index is 0.0513. The van der Waals surface area contributed by atoms with E-state index in [1.807, 2.05) is 52.7 Å². The van der Waals surface area contributed by atoms with Gasteiger partial charge >= 0.3 is 0 Å². The molecule has 2 atom stereocenters. The molecule has 3 heterocycles. The van der Waals surface area contributed by atoms with E-state index >= 15 is 0 Å². The Bertz CT molecular complexity index is 1050. The van der Waals surface area contributed by atoms with Crippen molar-refractivity contribution in [1.29, 1.82) is 0 Å². The molecule has 2 bridgehead atoms. The second kappa shape index (κ2) is 7.59. The highest BCUT2D eigenvalue weighted by Gasteiger charge is 2.43. The van der Waals surface area contributed by atoms with E-state index in [1.54, 1.807) is 16.8 Å². The first-order valence-corrected chi connectivity index (χ1v) is 11.1. The maximum atomic E-state index is 12.9. The van der Waals surface area contributed by atoms with E-state index in [1.165, 1.54) is 11.3 Å². The Labute approximate surface area is 173 Å². The molecule has 3 aromatic rings. The van der Waals surface area contributed by atoms with E-state index in [2.05, 4.69) is 0 Å². The Morgan fingerprint density at radius 3 is 2.41 bits per heavy atom. The van der Waals surface area contributed by atoms with E-state index < -0.39 is 0 Å². The van der Waals surface area contributed by atoms with Crippen LogP contribution in [0.3, 0.4) is 0 Å². The van der Waals surface area contributed by atoms with Crippen molar-refractivity contribution in [3.63, 3.8) is 0 Å². The van der Waals surface area contributed by atoms with E-state index in [0.29, 0.717) is 13.1 Å². The predicted molar refractivity (Wildman–Crippen MR) is 114 cm³/mol. The van der Waals surface area contributed by atoms with Crippen molar-refractivity contribution in [3.05, 3.63) is 75.2 Å². The summed E-state index contributed by atoms with van der Waals surface area (Å²) in [6.45, 7) is 1.39. The maximum absolute atomic E-state index is 12.9. The third-order valence-corrected chi connectivity index (χ3v) is 7.08. The molecule has 6 heteroatoms. The SMILES string of the molecule is O=C(c1cccs1)N1CC2CCCC(C1)C2n1nc(-c2ccccc2)ccc1=O. The first-order valence-electron chi connectivity index (χ1n) is 10.2. The smallest absolute Gasteiger partial charge is 0.267 e. The van der Waals surface area contributed by atoms with E-state index in [0.717, 1.165) is 35.4 Å². The molecule has 5 rings (SSSR count). The Morgan fingerprint density at radius 1 is 0.966 bits per heavy atom. The number of thiophene rings is 1. The van der Waals surface area contributed by atoms with E-state index in [4.69, 9.17) is 5.10 Å². The van der Waals surface area contributed by atoms with E-state index in [-0.39, 0.29) is 29.3 Å². The zero-order valence-corrected chi connectivity index (χ0v) is 16.9. The molecule has 1 amide bonds. The number of aromatic nitrogens is 2. The summed E-state index contributed by atoms with van der Waals surface area (Å²) in [5.74, 6) is 0.652. The lowest BCUT2D eigenvalue weighted by Gasteiger charge is -2.47. The summed E-state index contributed by atoms with van der Waals surface area (Å²) >= 11 is 1.49. The van der Waals surface area contributed by atoms with Crippen molar-refractivity contribution >= 4 is 17.2 Å². The van der Waals surface area contributed by atoms with Crippen LogP contribution in [-0.4, -0.2) is 33.7 Å². The van der Waals surface area contributed by atoms with Crippen LogP contribution in [0.25, 0.3) is 11.3 Å². The minimum atomic E-state index is -0.0513. The lowest BCUT2D eigenvalue weighted by molar-refractivity contribution is 0.0199. The van der Waals surface area contributed by atoms with E-state index in [9.17, 15) is 9.59 Å². The molecular weight excluding hydrogens is 382 g/mol. The zero-order valence-electron chi connectivity index (χ0n) is 16.1. The van der Waals surface area contributed by atoms with Crippen LogP contribution in [0.4, 0.5) is 0 Å². The van der Waals surface area contributed by atoms with Crippen LogP contribution in [0.5, 0.6) is 0 Å². The van der Waals surface area contributed by atoms with Gasteiger partial charge in [0.25, 0.3) is 11.5 Å². The number of benzene rings is 1. The number of likely N-dealkylation sites (tertiary alicyclic amines) is 1. The second-order valence-corrected chi connectivity index (χ2v) is 8.94. The van der Waals surface area contributed by atoms with Gasteiger partial charge in [-0.3, -0.25) is 9.59 Å². The van der Waals surface area contributed by atoms with Crippen LogP contribution in [0.15, 0.2) is 64.8 Å². The van der Waals surface area contributed by atoms with Gasteiger partial charge < -0.3 is 4.90 Å². The molecule has 0 radical (unpaired) electrons. The monoisotopic (exact) mass is 405 g/mol. The number of fused-ring (bicyclic) bond motifs is 2. The topological polar surface area (TPSA) is 55.2 Å². The average molecular weight is 406 g/mol. The van der Waals surface area contributed by atoms with Gasteiger partial charge in [-0.25, -0.2) is 4.68 Å². The molecule has 2 aliphatic rings. The number of hydrogen-bond acceptors (Lipinski definition) is 4. The van der Waals surface area contributed by atoms with Crippen molar-refractivity contribution in [3.8, 4) is 11.3 Å². The fraction of sp³-hybridized carbons (Fsp3) is 0.348. The van der Waals surface area contributed by atoms with Crippen LogP contribution in [0, 0.1) is 11.8 Å². The molecule has 5 nitrogen and oxygen atoms in total. The molecule has 1 saturated heterocycles. The quantitative estimate of drug-likeness (QED) is 0.660. The number of carbonyl (C=O) groups excluding carboxylic acids is 1. The molecule has 0 spiro atoms. The summed E-state index contributed by atoms with van der Waals surface area (Å²) in [5, 5.41) is 6.72. The standard InChI is InChI=1S/C23H23N3O2S/c27-21-12-11-19(16-6-2-1-3-7-16)24-26(21)22-17-8-4-9-18(22)15-25(14-17)23(28)20-10-5-13-29-20/h1-3,5-7,10-13,17-18,22H,4,8-9,14-15H2. The maximum Gasteiger partial charge on any atom is 0.267 e. The molecule has 1 saturated carbocycles. The second-order valence-electron chi connectivity index (χ2n) is 8.00. The first-order chi connectivity index (χ1) is 14.2. The highest BCUT2D eigenvalue weighted by molar-refractivity contribution is 7.12. The van der Waals surface area contributed by atoms with Gasteiger partial charge in [-0.2, -0.15) is 5.10 Å². The largest absolute Gasteiger partial charge is 0.337 e. The van der Waals surface area contributed by atoms with Gasteiger partial charge in [0.1, 0.15) is 0 Å². The molecular formula is C23H23N3O2S. The molecule has 1 aromatic carbocycles. The molecule has 29 heavy (non-hydrogen) atoms. The third-order valence-electron chi connectivity index (χ3n) is 6.22. The molecule has 2 aromatic heterocycles. The van der Waals surface area contributed by atoms with Gasteiger partial charge in [0.05, 0.1) is 16.6 Å². The highest BCUT2D eigenvalue weighted by Crippen LogP contribution is 2.42. The molecule has 1 aliphatic carbocycles. The Hall–Kier alpha value is -2.73. The van der Waals surface area contributed by atoms with Gasteiger partial charge in [-0.15, -0.1) is 11.3 Å². The fourth-order valence-electron chi connectivity index (χ4n) is 4.93. The van der Waals surface area contributed by atoms with Crippen LogP contribution in [0.1, 0.15) is 35.0 Å². The summed E-state index contributed by atoms with van der Waals surface area (Å²) in [7, 11) is 0. The Balaban J connectivity index is 1.46. The van der Waals surface area contributed by atoms with Gasteiger partial charge in [-0.1, -0.05) is 42.8 Å². The third kappa shape index (κ3) is 3.42. The van der Waals surface area contributed by atoms with Crippen molar-refractivity contribution < 1.29 is 4.79 Å². The van der Waals surface area contributed by atoms with Crippen molar-refractivity contribution in [2.45, 2.75) is 25.3 Å². The summed E-state index contributed by atoms with van der Waals surface area (Å²) in [5.41, 5.74) is 1.78. The van der Waals surface area contributed by atoms with Crippen LogP contribution in [-0.2, 0) is 0 Å². The van der Waals surface area contributed by atoms with Crippen molar-refractivity contribution in [2.24, 2.45) is 11.8 Å².